The topological polar surface area (TPSA) is 104 Å². The lowest BCUT2D eigenvalue weighted by Gasteiger charge is -2.42. The van der Waals surface area contributed by atoms with E-state index in [0.717, 1.165) is 0 Å². The Labute approximate surface area is 171 Å². The Bertz CT molecular complexity index is 411. The van der Waals surface area contributed by atoms with E-state index in [1.165, 1.54) is 0 Å². The fraction of sp³-hybridized carbons (Fsp3) is 0.952. The molecule has 0 aliphatic heterocycles. The average molecular weight is 405 g/mol. The van der Waals surface area contributed by atoms with Crippen molar-refractivity contribution in [2.45, 2.75) is 55.4 Å². The zero-order chi connectivity index (χ0) is 22.4. The Morgan fingerprint density at radius 3 is 0.857 bits per heavy atom. The molecule has 0 spiro atoms. The van der Waals surface area contributed by atoms with Gasteiger partial charge in [-0.1, -0.05) is 55.4 Å². The van der Waals surface area contributed by atoms with Crippen LogP contribution in [-0.2, 0) is 0 Å². The monoisotopic (exact) mass is 404 g/mol. The van der Waals surface area contributed by atoms with Gasteiger partial charge in [-0.25, -0.2) is 4.79 Å². The molecule has 0 aliphatic carbocycles. The molecule has 0 aromatic rings. The van der Waals surface area contributed by atoms with Crippen molar-refractivity contribution in [2.75, 3.05) is 52.6 Å². The minimum Gasteiger partial charge on any atom is -0.396 e. The summed E-state index contributed by atoms with van der Waals surface area (Å²) in [5.74, 6) is 0. The maximum Gasteiger partial charge on any atom is 0.320 e. The minimum atomic E-state index is -0.494. The highest BCUT2D eigenvalue weighted by Crippen LogP contribution is 2.26. The fourth-order valence-corrected chi connectivity index (χ4v) is 2.85. The van der Waals surface area contributed by atoms with Crippen LogP contribution in [0.5, 0.6) is 0 Å². The molecule has 7 heteroatoms. The highest BCUT2D eigenvalue weighted by atomic mass is 16.3. The highest BCUT2D eigenvalue weighted by Gasteiger charge is 2.35. The van der Waals surface area contributed by atoms with E-state index in [0.29, 0.717) is 26.2 Å². The second-order valence-corrected chi connectivity index (χ2v) is 11.3. The largest absolute Gasteiger partial charge is 0.396 e. The maximum absolute atomic E-state index is 13.5. The van der Waals surface area contributed by atoms with Crippen molar-refractivity contribution in [1.82, 2.24) is 9.80 Å². The third kappa shape index (κ3) is 9.54. The molecule has 28 heavy (non-hydrogen) atoms. The Balaban J connectivity index is 5.87. The third-order valence-electron chi connectivity index (χ3n) is 4.73. The molecule has 0 unspecified atom stereocenters. The smallest absolute Gasteiger partial charge is 0.320 e. The van der Waals surface area contributed by atoms with Gasteiger partial charge in [-0.2, -0.15) is 0 Å². The molecule has 7 nitrogen and oxygen atoms in total. The van der Waals surface area contributed by atoms with Crippen LogP contribution in [0.3, 0.4) is 0 Å². The predicted molar refractivity (Wildman–Crippen MR) is 112 cm³/mol. The summed E-state index contributed by atoms with van der Waals surface area (Å²) in [6, 6.07) is -0.217. The van der Waals surface area contributed by atoms with Gasteiger partial charge in [-0.3, -0.25) is 0 Å². The molecule has 4 N–H and O–H groups in total. The molecule has 0 saturated heterocycles. The lowest BCUT2D eigenvalue weighted by molar-refractivity contribution is 0.0352. The Morgan fingerprint density at radius 2 is 0.714 bits per heavy atom. The molecule has 0 fully saturated rings. The summed E-state index contributed by atoms with van der Waals surface area (Å²) < 4.78 is 0. The van der Waals surface area contributed by atoms with Crippen LogP contribution in [0, 0.1) is 21.7 Å². The van der Waals surface area contributed by atoms with E-state index < -0.39 is 21.7 Å². The van der Waals surface area contributed by atoms with Gasteiger partial charge in [-0.15, -0.1) is 0 Å². The van der Waals surface area contributed by atoms with Gasteiger partial charge in [0.2, 0.25) is 0 Å². The van der Waals surface area contributed by atoms with Crippen molar-refractivity contribution in [2.24, 2.45) is 21.7 Å². The van der Waals surface area contributed by atoms with E-state index in [4.69, 9.17) is 0 Å². The van der Waals surface area contributed by atoms with Gasteiger partial charge in [0, 0.05) is 74.3 Å². The summed E-state index contributed by atoms with van der Waals surface area (Å²) in [7, 11) is 0. The Morgan fingerprint density at radius 1 is 0.536 bits per heavy atom. The fourth-order valence-electron chi connectivity index (χ4n) is 2.85. The van der Waals surface area contributed by atoms with Crippen LogP contribution in [-0.4, -0.2) is 88.9 Å². The van der Waals surface area contributed by atoms with E-state index in [2.05, 4.69) is 0 Å². The molecule has 0 saturated carbocycles. The summed E-state index contributed by atoms with van der Waals surface area (Å²) in [6.07, 6.45) is 0. The predicted octanol–water partition coefficient (Wildman–Crippen LogP) is 1.78. The summed E-state index contributed by atoms with van der Waals surface area (Å²) in [6.45, 7) is 16.2. The van der Waals surface area contributed by atoms with Crippen molar-refractivity contribution in [3.8, 4) is 0 Å². The highest BCUT2D eigenvalue weighted by molar-refractivity contribution is 5.74. The Hall–Kier alpha value is -0.890. The molecular weight excluding hydrogens is 360 g/mol. The number of aliphatic hydroxyl groups excluding tert-OH is 4. The molecule has 168 valence electrons. The molecule has 0 rings (SSSR count). The van der Waals surface area contributed by atoms with Crippen LogP contribution >= 0.6 is 0 Å². The molecular formula is C21H44N2O5. The molecule has 0 aliphatic rings. The van der Waals surface area contributed by atoms with Crippen LogP contribution in [0.4, 0.5) is 4.79 Å². The van der Waals surface area contributed by atoms with Gasteiger partial charge in [0.25, 0.3) is 0 Å². The standard InChI is InChI=1S/C21H44N2O5/c1-18(2,13-24)9-22(10-19(3,4)14-25)17(28)23(11-20(5,6)15-26)12-21(7,8)16-27/h24-27H,9-16H2,1-8H3. The van der Waals surface area contributed by atoms with E-state index >= 15 is 0 Å². The SMILES string of the molecule is CC(C)(CO)CN(CC(C)(C)CO)C(=O)N(CC(C)(C)CO)CC(C)(C)CO. The van der Waals surface area contributed by atoms with Crippen LogP contribution in [0.25, 0.3) is 0 Å². The van der Waals surface area contributed by atoms with Crippen molar-refractivity contribution < 1.29 is 25.2 Å². The zero-order valence-corrected chi connectivity index (χ0v) is 19.2. The normalized spacial score (nSPS) is 13.6. The number of hydrogen-bond donors (Lipinski definition) is 4. The van der Waals surface area contributed by atoms with E-state index in [9.17, 15) is 25.2 Å². The molecule has 0 heterocycles. The van der Waals surface area contributed by atoms with Crippen LogP contribution in [0.1, 0.15) is 55.4 Å². The lowest BCUT2D eigenvalue weighted by atomic mass is 9.89. The molecule has 0 aromatic heterocycles. The van der Waals surface area contributed by atoms with Crippen molar-refractivity contribution in [3.05, 3.63) is 0 Å². The molecule has 0 bridgehead atoms. The first-order valence-corrected chi connectivity index (χ1v) is 10.0. The van der Waals surface area contributed by atoms with Crippen LogP contribution in [0.2, 0.25) is 0 Å². The number of hydrogen-bond acceptors (Lipinski definition) is 5. The zero-order valence-electron chi connectivity index (χ0n) is 19.2. The molecule has 2 amide bonds. The number of rotatable bonds is 12. The molecule has 0 aromatic carbocycles. The average Bonchev–Trinajstić information content (AvgIpc) is 2.59. The number of nitrogens with zero attached hydrogens (tertiary/aromatic N) is 2. The first-order chi connectivity index (χ1) is 12.5. The van der Waals surface area contributed by atoms with Crippen LogP contribution < -0.4 is 0 Å². The van der Waals surface area contributed by atoms with Crippen molar-refractivity contribution >= 4 is 6.03 Å². The summed E-state index contributed by atoms with van der Waals surface area (Å²) >= 11 is 0. The van der Waals surface area contributed by atoms with Gasteiger partial charge in [0.15, 0.2) is 0 Å². The van der Waals surface area contributed by atoms with Crippen molar-refractivity contribution in [1.29, 1.82) is 0 Å². The number of carbonyl (C=O) groups excluding carboxylic acids is 1. The van der Waals surface area contributed by atoms with Gasteiger partial charge in [0.1, 0.15) is 0 Å². The summed E-state index contributed by atoms with van der Waals surface area (Å²) in [5.41, 5.74) is -1.98. The van der Waals surface area contributed by atoms with E-state index in [1.54, 1.807) is 9.80 Å². The van der Waals surface area contributed by atoms with E-state index in [1.807, 2.05) is 55.4 Å². The second kappa shape index (κ2) is 10.2. The second-order valence-electron chi connectivity index (χ2n) is 11.3. The number of carbonyl (C=O) groups is 1. The minimum absolute atomic E-state index is 0.0688. The first-order valence-electron chi connectivity index (χ1n) is 10.0. The Kier molecular flexibility index (Phi) is 9.91. The van der Waals surface area contributed by atoms with E-state index in [-0.39, 0.29) is 32.5 Å². The maximum atomic E-state index is 13.5. The third-order valence-corrected chi connectivity index (χ3v) is 4.73. The van der Waals surface area contributed by atoms with Gasteiger partial charge in [-0.05, 0) is 0 Å². The number of urea groups is 1. The van der Waals surface area contributed by atoms with Crippen LogP contribution in [0.15, 0.2) is 0 Å². The van der Waals surface area contributed by atoms with Gasteiger partial charge < -0.3 is 30.2 Å². The first kappa shape index (κ1) is 27.1. The summed E-state index contributed by atoms with van der Waals surface area (Å²) in [4.78, 5) is 16.9. The molecule has 0 radical (unpaired) electrons. The molecule has 0 atom stereocenters. The lowest BCUT2D eigenvalue weighted by Crippen LogP contribution is -2.55. The summed E-state index contributed by atoms with van der Waals surface area (Å²) in [5, 5.41) is 38.8. The van der Waals surface area contributed by atoms with Gasteiger partial charge >= 0.3 is 6.03 Å². The number of aliphatic hydroxyl groups is 4. The van der Waals surface area contributed by atoms with Crippen molar-refractivity contribution in [3.63, 3.8) is 0 Å². The number of amides is 2. The quantitative estimate of drug-likeness (QED) is 0.397. The van der Waals surface area contributed by atoms with Gasteiger partial charge in [0.05, 0.1) is 0 Å².